The highest BCUT2D eigenvalue weighted by Gasteiger charge is 2.38. The maximum Gasteiger partial charge on any atom is 0.276 e. The summed E-state index contributed by atoms with van der Waals surface area (Å²) in [5.41, 5.74) is 0.770. The summed E-state index contributed by atoms with van der Waals surface area (Å²) in [6.07, 6.45) is 2.90. The first-order valence-electron chi connectivity index (χ1n) is 10.0. The number of carbonyl (C=O) groups is 2. The Kier molecular flexibility index (Phi) is 6.30. The number of aromatic nitrogens is 3. The molecule has 1 aliphatic heterocycles. The Balaban J connectivity index is 1.85. The Morgan fingerprint density at radius 2 is 1.83 bits per heavy atom. The molecule has 0 radical (unpaired) electrons. The molecule has 0 saturated carbocycles. The zero-order chi connectivity index (χ0) is 21.1. The van der Waals surface area contributed by atoms with Crippen molar-refractivity contribution in [3.05, 3.63) is 42.0 Å². The first-order valence-corrected chi connectivity index (χ1v) is 10.0. The molecule has 0 spiro atoms. The van der Waals surface area contributed by atoms with E-state index < -0.39 is 6.04 Å². The van der Waals surface area contributed by atoms with Crippen molar-refractivity contribution < 1.29 is 14.0 Å². The van der Waals surface area contributed by atoms with E-state index in [0.29, 0.717) is 24.6 Å². The maximum absolute atomic E-state index is 13.2. The molecule has 7 nitrogen and oxygen atoms in total. The van der Waals surface area contributed by atoms with Gasteiger partial charge in [-0.15, -0.1) is 5.10 Å². The van der Waals surface area contributed by atoms with Crippen LogP contribution in [0.4, 0.5) is 4.39 Å². The summed E-state index contributed by atoms with van der Waals surface area (Å²) in [7, 11) is 0. The molecular formula is C21H28FN5O2. The maximum atomic E-state index is 13.2. The van der Waals surface area contributed by atoms with E-state index in [9.17, 15) is 14.0 Å². The van der Waals surface area contributed by atoms with Crippen molar-refractivity contribution in [3.63, 3.8) is 0 Å². The molecular weight excluding hydrogens is 373 g/mol. The molecule has 1 saturated heterocycles. The third-order valence-corrected chi connectivity index (χ3v) is 4.96. The molecule has 1 aromatic carbocycles. The van der Waals surface area contributed by atoms with E-state index >= 15 is 0 Å². The van der Waals surface area contributed by atoms with E-state index in [1.165, 1.54) is 23.0 Å². The topological polar surface area (TPSA) is 80.1 Å². The van der Waals surface area contributed by atoms with Crippen LogP contribution >= 0.6 is 0 Å². The van der Waals surface area contributed by atoms with E-state index in [4.69, 9.17) is 0 Å². The standard InChI is InChI=1S/C21H28FN5O2/c1-13(2)9-16-11-26(19(10-14(3)4)20(28)23-16)21(29)18-12-27(25-24-18)17-7-5-15(22)6-8-17/h5-8,12-14,16,19H,9-11H2,1-4H3,(H,23,28). The van der Waals surface area contributed by atoms with Gasteiger partial charge in [-0.3, -0.25) is 9.59 Å². The van der Waals surface area contributed by atoms with Gasteiger partial charge in [0, 0.05) is 12.6 Å². The van der Waals surface area contributed by atoms with E-state index in [1.807, 2.05) is 13.8 Å². The molecule has 0 bridgehead atoms. The Morgan fingerprint density at radius 1 is 1.17 bits per heavy atom. The fourth-order valence-electron chi connectivity index (χ4n) is 3.69. The molecule has 0 aliphatic carbocycles. The molecule has 156 valence electrons. The normalized spacial score (nSPS) is 19.7. The Bertz CT molecular complexity index is 862. The second-order valence-corrected chi connectivity index (χ2v) is 8.46. The average molecular weight is 401 g/mol. The molecule has 2 heterocycles. The molecule has 8 heteroatoms. The van der Waals surface area contributed by atoms with Gasteiger partial charge in [0.15, 0.2) is 5.69 Å². The van der Waals surface area contributed by atoms with E-state index in [2.05, 4.69) is 29.5 Å². The smallest absolute Gasteiger partial charge is 0.276 e. The minimum absolute atomic E-state index is 0.0815. The van der Waals surface area contributed by atoms with Gasteiger partial charge in [0.25, 0.3) is 5.91 Å². The molecule has 2 unspecified atom stereocenters. The van der Waals surface area contributed by atoms with Gasteiger partial charge < -0.3 is 10.2 Å². The fourth-order valence-corrected chi connectivity index (χ4v) is 3.69. The predicted molar refractivity (Wildman–Crippen MR) is 107 cm³/mol. The van der Waals surface area contributed by atoms with Crippen LogP contribution in [0.1, 0.15) is 51.0 Å². The van der Waals surface area contributed by atoms with Crippen LogP contribution in [0.3, 0.4) is 0 Å². The lowest BCUT2D eigenvalue weighted by Crippen LogP contribution is -2.62. The van der Waals surface area contributed by atoms with Crippen molar-refractivity contribution in [1.82, 2.24) is 25.2 Å². The van der Waals surface area contributed by atoms with Gasteiger partial charge in [-0.25, -0.2) is 9.07 Å². The molecule has 1 aromatic heterocycles. The van der Waals surface area contributed by atoms with Crippen LogP contribution < -0.4 is 5.32 Å². The summed E-state index contributed by atoms with van der Waals surface area (Å²) in [6, 6.07) is 5.16. The van der Waals surface area contributed by atoms with Crippen molar-refractivity contribution in [2.75, 3.05) is 6.54 Å². The summed E-state index contributed by atoms with van der Waals surface area (Å²) in [6.45, 7) is 8.69. The van der Waals surface area contributed by atoms with Gasteiger partial charge in [-0.05, 0) is 48.9 Å². The minimum Gasteiger partial charge on any atom is -0.350 e. The first-order chi connectivity index (χ1) is 13.7. The number of piperazine rings is 1. The van der Waals surface area contributed by atoms with Crippen LogP contribution in [0.2, 0.25) is 0 Å². The Hall–Kier alpha value is -2.77. The molecule has 3 rings (SSSR count). The molecule has 2 amide bonds. The number of rotatable bonds is 6. The number of hydrogen-bond acceptors (Lipinski definition) is 4. The van der Waals surface area contributed by atoms with E-state index in [0.717, 1.165) is 6.42 Å². The van der Waals surface area contributed by atoms with Crippen LogP contribution in [0.25, 0.3) is 5.69 Å². The third-order valence-electron chi connectivity index (χ3n) is 4.96. The number of nitrogens with one attached hydrogen (secondary N) is 1. The molecule has 1 fully saturated rings. The summed E-state index contributed by atoms with van der Waals surface area (Å²) in [5, 5.41) is 11.1. The van der Waals surface area contributed by atoms with Crippen molar-refractivity contribution in [2.24, 2.45) is 11.8 Å². The largest absolute Gasteiger partial charge is 0.350 e. The number of amides is 2. The van der Waals surface area contributed by atoms with Gasteiger partial charge in [0.2, 0.25) is 5.91 Å². The lowest BCUT2D eigenvalue weighted by atomic mass is 9.95. The molecule has 29 heavy (non-hydrogen) atoms. The Labute approximate surface area is 170 Å². The number of benzene rings is 1. The summed E-state index contributed by atoms with van der Waals surface area (Å²) in [5.74, 6) is -0.115. The Morgan fingerprint density at radius 3 is 2.45 bits per heavy atom. The highest BCUT2D eigenvalue weighted by Crippen LogP contribution is 2.21. The van der Waals surface area contributed by atoms with Gasteiger partial charge >= 0.3 is 0 Å². The quantitative estimate of drug-likeness (QED) is 0.807. The van der Waals surface area contributed by atoms with Gasteiger partial charge in [-0.2, -0.15) is 0 Å². The van der Waals surface area contributed by atoms with Crippen LogP contribution in [-0.2, 0) is 4.79 Å². The van der Waals surface area contributed by atoms with Crippen molar-refractivity contribution >= 4 is 11.8 Å². The summed E-state index contributed by atoms with van der Waals surface area (Å²) >= 11 is 0. The SMILES string of the molecule is CC(C)CC1CN(C(=O)c2cn(-c3ccc(F)cc3)nn2)C(CC(C)C)C(=O)N1. The van der Waals surface area contributed by atoms with E-state index in [1.54, 1.807) is 17.0 Å². The third kappa shape index (κ3) is 4.99. The second kappa shape index (κ2) is 8.71. The molecule has 1 aliphatic rings. The molecule has 2 aromatic rings. The molecule has 1 N–H and O–H groups in total. The second-order valence-electron chi connectivity index (χ2n) is 8.46. The van der Waals surface area contributed by atoms with Crippen LogP contribution in [0.5, 0.6) is 0 Å². The lowest BCUT2D eigenvalue weighted by Gasteiger charge is -2.40. The van der Waals surface area contributed by atoms with Crippen LogP contribution in [-0.4, -0.2) is 50.3 Å². The number of carbonyl (C=O) groups excluding carboxylic acids is 2. The highest BCUT2D eigenvalue weighted by atomic mass is 19.1. The zero-order valence-electron chi connectivity index (χ0n) is 17.3. The molecule has 2 atom stereocenters. The average Bonchev–Trinajstić information content (AvgIpc) is 3.13. The van der Waals surface area contributed by atoms with Crippen molar-refractivity contribution in [3.8, 4) is 5.69 Å². The van der Waals surface area contributed by atoms with E-state index in [-0.39, 0.29) is 35.3 Å². The number of hydrogen-bond donors (Lipinski definition) is 1. The lowest BCUT2D eigenvalue weighted by molar-refractivity contribution is -0.130. The zero-order valence-corrected chi connectivity index (χ0v) is 17.3. The predicted octanol–water partition coefficient (Wildman–Crippen LogP) is 2.81. The van der Waals surface area contributed by atoms with Crippen molar-refractivity contribution in [1.29, 1.82) is 0 Å². The number of nitrogens with zero attached hydrogens (tertiary/aromatic N) is 4. The fraction of sp³-hybridized carbons (Fsp3) is 0.524. The number of halogens is 1. The van der Waals surface area contributed by atoms with Gasteiger partial charge in [0.1, 0.15) is 11.9 Å². The monoisotopic (exact) mass is 401 g/mol. The van der Waals surface area contributed by atoms with Gasteiger partial charge in [0.05, 0.1) is 11.9 Å². The highest BCUT2D eigenvalue weighted by molar-refractivity contribution is 5.96. The first kappa shape index (κ1) is 21.0. The summed E-state index contributed by atoms with van der Waals surface area (Å²) in [4.78, 5) is 27.6. The van der Waals surface area contributed by atoms with Crippen LogP contribution in [0.15, 0.2) is 30.5 Å². The summed E-state index contributed by atoms with van der Waals surface area (Å²) < 4.78 is 14.6. The van der Waals surface area contributed by atoms with Crippen LogP contribution in [0, 0.1) is 17.7 Å². The van der Waals surface area contributed by atoms with Gasteiger partial charge in [-0.1, -0.05) is 32.9 Å². The van der Waals surface area contributed by atoms with Crippen molar-refractivity contribution in [2.45, 2.75) is 52.6 Å². The minimum atomic E-state index is -0.526.